The summed E-state index contributed by atoms with van der Waals surface area (Å²) in [5.74, 6) is 0. The number of nitrogens with zero attached hydrogens (tertiary/aromatic N) is 1. The molecule has 0 aliphatic carbocycles. The van der Waals surface area contributed by atoms with Crippen LogP contribution in [0.5, 0.6) is 0 Å². The van der Waals surface area contributed by atoms with Crippen LogP contribution >= 0.6 is 0 Å². The number of amides is 1. The summed E-state index contributed by atoms with van der Waals surface area (Å²) in [6.45, 7) is 0.596. The first kappa shape index (κ1) is 15.2. The Balaban J connectivity index is 2.67. The zero-order valence-electron chi connectivity index (χ0n) is 11.1. The van der Waals surface area contributed by atoms with E-state index in [0.717, 1.165) is 12.8 Å². The van der Waals surface area contributed by atoms with Gasteiger partial charge in [-0.15, -0.1) is 0 Å². The van der Waals surface area contributed by atoms with Crippen LogP contribution in [0.25, 0.3) is 0 Å². The predicted octanol–water partition coefficient (Wildman–Crippen LogP) is 3.62. The molecule has 1 atom stereocenters. The fourth-order valence-electron chi connectivity index (χ4n) is 2.12. The van der Waals surface area contributed by atoms with E-state index < -0.39 is 31.0 Å². The molecule has 0 radical (unpaired) electrons. The molecule has 1 aliphatic rings. The van der Waals surface area contributed by atoms with Gasteiger partial charge < -0.3 is 22.6 Å². The third-order valence-corrected chi connectivity index (χ3v) is 2.79. The van der Waals surface area contributed by atoms with Crippen LogP contribution in [-0.2, 0) is 4.74 Å². The third-order valence-electron chi connectivity index (χ3n) is 2.79. The Morgan fingerprint density at radius 3 is 2.44 bits per heavy atom. The van der Waals surface area contributed by atoms with E-state index in [1.807, 2.05) is 0 Å². The summed E-state index contributed by atoms with van der Waals surface area (Å²) in [5.41, 5.74) is -0.678. The molecule has 18 heavy (non-hydrogen) atoms. The van der Waals surface area contributed by atoms with Gasteiger partial charge in [0.2, 0.25) is 0 Å². The van der Waals surface area contributed by atoms with Crippen molar-refractivity contribution in [1.82, 2.24) is 4.90 Å². The third kappa shape index (κ3) is 5.18. The number of rotatable bonds is 2. The second-order valence-corrected chi connectivity index (χ2v) is 5.77. The molecule has 7 heteroatoms. The maximum Gasteiger partial charge on any atom is 0.480 e. The second-order valence-electron chi connectivity index (χ2n) is 5.77. The molecule has 0 aromatic heterocycles. The minimum atomic E-state index is -4.87. The Hall–Kier alpha value is -0.875. The van der Waals surface area contributed by atoms with Crippen molar-refractivity contribution in [3.63, 3.8) is 0 Å². The van der Waals surface area contributed by atoms with Crippen molar-refractivity contribution >= 4 is 13.1 Å². The topological polar surface area (TPSA) is 29.5 Å². The second kappa shape index (κ2) is 5.40. The van der Waals surface area contributed by atoms with Gasteiger partial charge in [0.15, 0.2) is 0 Å². The molecule has 1 amide bonds. The molecule has 1 heterocycles. The van der Waals surface area contributed by atoms with E-state index in [-0.39, 0.29) is 0 Å². The first-order valence-electron chi connectivity index (χ1n) is 6.29. The maximum absolute atomic E-state index is 12.5. The quantitative estimate of drug-likeness (QED) is 0.714. The van der Waals surface area contributed by atoms with E-state index >= 15 is 0 Å². The molecule has 0 aromatic carbocycles. The molecule has 106 valence electrons. The minimum absolute atomic E-state index is 0.353. The number of piperidine rings is 1. The average molecular weight is 266 g/mol. The van der Waals surface area contributed by atoms with Crippen LogP contribution in [-0.4, -0.2) is 36.2 Å². The van der Waals surface area contributed by atoms with Crippen molar-refractivity contribution in [3.8, 4) is 0 Å². The van der Waals surface area contributed by atoms with E-state index in [0.29, 0.717) is 13.0 Å². The first-order valence-corrected chi connectivity index (χ1v) is 6.29. The van der Waals surface area contributed by atoms with E-state index in [9.17, 15) is 17.7 Å². The van der Waals surface area contributed by atoms with Crippen LogP contribution in [0, 0.1) is 0 Å². The molecule has 1 saturated heterocycles. The summed E-state index contributed by atoms with van der Waals surface area (Å²) in [6.07, 6.45) is 0.350. The van der Waals surface area contributed by atoms with Crippen molar-refractivity contribution < 1.29 is 22.5 Å². The van der Waals surface area contributed by atoms with Gasteiger partial charge in [0.05, 0.1) is 0 Å². The van der Waals surface area contributed by atoms with Gasteiger partial charge in [-0.05, 0) is 40.0 Å². The van der Waals surface area contributed by atoms with Crippen LogP contribution in [0.2, 0.25) is 6.32 Å². The van der Waals surface area contributed by atoms with Gasteiger partial charge in [0.1, 0.15) is 5.60 Å². The molecular formula is C11H20BF3NO2-. The first-order chi connectivity index (χ1) is 8.08. The number of hydrogen-bond acceptors (Lipinski definition) is 2. The summed E-state index contributed by atoms with van der Waals surface area (Å²) in [6, 6.07) is -0.756. The van der Waals surface area contributed by atoms with Gasteiger partial charge in [0, 0.05) is 12.6 Å². The Kier molecular flexibility index (Phi) is 4.56. The molecule has 3 nitrogen and oxygen atoms in total. The van der Waals surface area contributed by atoms with Gasteiger partial charge in [0.25, 0.3) is 0 Å². The highest BCUT2D eigenvalue weighted by Crippen LogP contribution is 2.28. The SMILES string of the molecule is CC(C)(C)OC(=O)N1CCCCC1C[B-](F)(F)F. The van der Waals surface area contributed by atoms with Crippen LogP contribution < -0.4 is 0 Å². The van der Waals surface area contributed by atoms with Gasteiger partial charge in [-0.1, -0.05) is 6.32 Å². The summed E-state index contributed by atoms with van der Waals surface area (Å²) in [7, 11) is 0. The number of hydrogen-bond donors (Lipinski definition) is 0. The number of carbonyl (C=O) groups is 1. The number of halogens is 3. The highest BCUT2D eigenvalue weighted by atomic mass is 19.4. The fourth-order valence-corrected chi connectivity index (χ4v) is 2.12. The number of likely N-dealkylation sites (tertiary alicyclic amines) is 1. The van der Waals surface area contributed by atoms with Crippen molar-refractivity contribution in [1.29, 1.82) is 0 Å². The highest BCUT2D eigenvalue weighted by Gasteiger charge is 2.35. The van der Waals surface area contributed by atoms with Crippen molar-refractivity contribution in [2.24, 2.45) is 0 Å². The fraction of sp³-hybridized carbons (Fsp3) is 0.909. The largest absolute Gasteiger partial charge is 0.480 e. The molecule has 0 N–H and O–H groups in total. The van der Waals surface area contributed by atoms with Crippen LogP contribution in [0.1, 0.15) is 40.0 Å². The van der Waals surface area contributed by atoms with Crippen LogP contribution in [0.15, 0.2) is 0 Å². The molecule has 0 aromatic rings. The number of ether oxygens (including phenoxy) is 1. The van der Waals surface area contributed by atoms with Crippen molar-refractivity contribution in [3.05, 3.63) is 0 Å². The highest BCUT2D eigenvalue weighted by molar-refractivity contribution is 6.58. The summed E-state index contributed by atoms with van der Waals surface area (Å²) in [4.78, 5) is 13.1. The standard InChI is InChI=1S/C11H20BF3NO2/c1-11(2,3)18-10(17)16-7-5-4-6-9(16)8-12(13,14)15/h9H,4-8H2,1-3H3/q-1. The zero-order valence-corrected chi connectivity index (χ0v) is 11.1. The van der Waals surface area contributed by atoms with E-state index in [1.165, 1.54) is 4.90 Å². The summed E-state index contributed by atoms with van der Waals surface area (Å²) >= 11 is 0. The van der Waals surface area contributed by atoms with Gasteiger partial charge >= 0.3 is 13.1 Å². The Morgan fingerprint density at radius 1 is 1.33 bits per heavy atom. The lowest BCUT2D eigenvalue weighted by atomic mass is 9.78. The van der Waals surface area contributed by atoms with Gasteiger partial charge in [-0.3, -0.25) is 0 Å². The Morgan fingerprint density at radius 2 is 1.94 bits per heavy atom. The molecule has 1 fully saturated rings. The molecule has 1 rings (SSSR count). The monoisotopic (exact) mass is 266 g/mol. The zero-order chi connectivity index (χ0) is 14.0. The lowest BCUT2D eigenvalue weighted by Gasteiger charge is -2.38. The molecule has 0 saturated carbocycles. The molecule has 0 spiro atoms. The smallest absolute Gasteiger partial charge is 0.449 e. The average Bonchev–Trinajstić information content (AvgIpc) is 2.12. The number of carbonyl (C=O) groups excluding carboxylic acids is 1. The summed E-state index contributed by atoms with van der Waals surface area (Å²) < 4.78 is 42.6. The maximum atomic E-state index is 12.5. The predicted molar refractivity (Wildman–Crippen MR) is 64.5 cm³/mol. The molecular weight excluding hydrogens is 246 g/mol. The van der Waals surface area contributed by atoms with E-state index in [4.69, 9.17) is 4.74 Å². The van der Waals surface area contributed by atoms with Crippen LogP contribution in [0.4, 0.5) is 17.7 Å². The molecule has 0 bridgehead atoms. The lowest BCUT2D eigenvalue weighted by molar-refractivity contribution is 0.0114. The van der Waals surface area contributed by atoms with Crippen molar-refractivity contribution in [2.75, 3.05) is 6.54 Å². The molecule has 1 unspecified atom stereocenters. The normalized spacial score (nSPS) is 21.9. The Labute approximate surface area is 106 Å². The summed E-state index contributed by atoms with van der Waals surface area (Å²) in [5, 5.41) is 0. The van der Waals surface area contributed by atoms with Crippen molar-refractivity contribution in [2.45, 2.75) is 58.0 Å². The Bertz CT molecular complexity index is 302. The molecule has 1 aliphatic heterocycles. The van der Waals surface area contributed by atoms with E-state index in [1.54, 1.807) is 20.8 Å². The van der Waals surface area contributed by atoms with Gasteiger partial charge in [-0.2, -0.15) is 0 Å². The minimum Gasteiger partial charge on any atom is -0.449 e. The van der Waals surface area contributed by atoms with Gasteiger partial charge in [-0.25, -0.2) is 4.79 Å². The van der Waals surface area contributed by atoms with E-state index in [2.05, 4.69) is 0 Å². The van der Waals surface area contributed by atoms with Crippen LogP contribution in [0.3, 0.4) is 0 Å². The lowest BCUT2D eigenvalue weighted by Crippen LogP contribution is -2.48.